The van der Waals surface area contributed by atoms with Crippen LogP contribution in [-0.2, 0) is 0 Å². The average molecular weight is 241 g/mol. The zero-order valence-electron chi connectivity index (χ0n) is 9.87. The number of aliphatic hydroxyl groups excluding tert-OH is 1. The van der Waals surface area contributed by atoms with Gasteiger partial charge in [0.05, 0.1) is 13.2 Å². The Labute approximate surface area is 99.4 Å². The topological polar surface area (TPSA) is 58.6 Å². The summed E-state index contributed by atoms with van der Waals surface area (Å²) in [6.07, 6.45) is -0.0286. The zero-order chi connectivity index (χ0) is 12.8. The standard InChI is InChI=1S/C12H16FNO3/c1-3-9(15)7-14-12(16)8-4-5-11(17-2)10(13)6-8/h4-6,9,15H,3,7H2,1-2H3,(H,14,16). The number of hydrogen-bond acceptors (Lipinski definition) is 3. The second-order valence-electron chi connectivity index (χ2n) is 3.62. The first-order valence-corrected chi connectivity index (χ1v) is 5.38. The fourth-order valence-electron chi connectivity index (χ4n) is 1.26. The number of carbonyl (C=O) groups is 1. The van der Waals surface area contributed by atoms with E-state index in [1.165, 1.54) is 19.2 Å². The van der Waals surface area contributed by atoms with Crippen molar-refractivity contribution in [2.24, 2.45) is 0 Å². The number of nitrogens with one attached hydrogen (secondary N) is 1. The van der Waals surface area contributed by atoms with E-state index in [0.29, 0.717) is 6.42 Å². The number of halogens is 1. The number of benzene rings is 1. The first kappa shape index (κ1) is 13.4. The summed E-state index contributed by atoms with van der Waals surface area (Å²) >= 11 is 0. The van der Waals surface area contributed by atoms with E-state index in [2.05, 4.69) is 5.32 Å². The lowest BCUT2D eigenvalue weighted by atomic mass is 10.2. The Morgan fingerprint density at radius 1 is 1.59 bits per heavy atom. The molecule has 0 radical (unpaired) electrons. The van der Waals surface area contributed by atoms with Gasteiger partial charge < -0.3 is 15.2 Å². The molecule has 0 fully saturated rings. The quantitative estimate of drug-likeness (QED) is 0.817. The molecule has 0 aromatic heterocycles. The van der Waals surface area contributed by atoms with Gasteiger partial charge >= 0.3 is 0 Å². The molecule has 1 aromatic rings. The first-order valence-electron chi connectivity index (χ1n) is 5.38. The molecule has 1 rings (SSSR count). The van der Waals surface area contributed by atoms with E-state index >= 15 is 0 Å². The van der Waals surface area contributed by atoms with Crippen LogP contribution in [0.15, 0.2) is 18.2 Å². The minimum absolute atomic E-state index is 0.0927. The molecule has 0 saturated carbocycles. The van der Waals surface area contributed by atoms with Crippen molar-refractivity contribution in [2.45, 2.75) is 19.4 Å². The first-order chi connectivity index (χ1) is 8.08. The number of ether oxygens (including phenoxy) is 1. The summed E-state index contributed by atoms with van der Waals surface area (Å²) in [5.41, 5.74) is 0.201. The maximum Gasteiger partial charge on any atom is 0.251 e. The smallest absolute Gasteiger partial charge is 0.251 e. The summed E-state index contributed by atoms with van der Waals surface area (Å²) in [5, 5.41) is 11.8. The number of aliphatic hydroxyl groups is 1. The second kappa shape index (κ2) is 6.20. The van der Waals surface area contributed by atoms with Crippen molar-refractivity contribution in [1.29, 1.82) is 0 Å². The van der Waals surface area contributed by atoms with Crippen molar-refractivity contribution in [3.05, 3.63) is 29.6 Å². The summed E-state index contributed by atoms with van der Waals surface area (Å²) in [5.74, 6) is -0.912. The van der Waals surface area contributed by atoms with E-state index in [9.17, 15) is 14.3 Å². The molecule has 1 amide bonds. The van der Waals surface area contributed by atoms with Crippen LogP contribution in [0.25, 0.3) is 0 Å². The summed E-state index contributed by atoms with van der Waals surface area (Å²) < 4.78 is 18.1. The van der Waals surface area contributed by atoms with E-state index in [4.69, 9.17) is 4.74 Å². The molecular weight excluding hydrogens is 225 g/mol. The van der Waals surface area contributed by atoms with Crippen molar-refractivity contribution < 1.29 is 19.0 Å². The van der Waals surface area contributed by atoms with Gasteiger partial charge in [-0.1, -0.05) is 6.92 Å². The summed E-state index contributed by atoms with van der Waals surface area (Å²) in [7, 11) is 1.36. The number of methoxy groups -OCH3 is 1. The minimum Gasteiger partial charge on any atom is -0.494 e. The lowest BCUT2D eigenvalue weighted by Gasteiger charge is -2.10. The molecule has 0 heterocycles. The zero-order valence-corrected chi connectivity index (χ0v) is 9.87. The Morgan fingerprint density at radius 2 is 2.29 bits per heavy atom. The van der Waals surface area contributed by atoms with Gasteiger partial charge in [0.1, 0.15) is 0 Å². The predicted octanol–water partition coefficient (Wildman–Crippen LogP) is 1.34. The molecule has 5 heteroatoms. The largest absolute Gasteiger partial charge is 0.494 e. The molecule has 0 aliphatic rings. The van der Waals surface area contributed by atoms with E-state index < -0.39 is 17.8 Å². The molecule has 1 unspecified atom stereocenters. The average Bonchev–Trinajstić information content (AvgIpc) is 2.35. The monoisotopic (exact) mass is 241 g/mol. The lowest BCUT2D eigenvalue weighted by molar-refractivity contribution is 0.0913. The fourth-order valence-corrected chi connectivity index (χ4v) is 1.26. The number of hydrogen-bond donors (Lipinski definition) is 2. The van der Waals surface area contributed by atoms with Gasteiger partial charge in [-0.2, -0.15) is 0 Å². The molecule has 0 aliphatic carbocycles. The van der Waals surface area contributed by atoms with Gasteiger partial charge in [-0.25, -0.2) is 4.39 Å². The summed E-state index contributed by atoms with van der Waals surface area (Å²) in [4.78, 5) is 11.6. The van der Waals surface area contributed by atoms with Crippen LogP contribution in [0.1, 0.15) is 23.7 Å². The van der Waals surface area contributed by atoms with Crippen LogP contribution in [0.5, 0.6) is 5.75 Å². The third-order valence-corrected chi connectivity index (χ3v) is 2.38. The van der Waals surface area contributed by atoms with E-state index in [-0.39, 0.29) is 17.9 Å². The van der Waals surface area contributed by atoms with E-state index in [0.717, 1.165) is 6.07 Å². The Balaban J connectivity index is 2.66. The van der Waals surface area contributed by atoms with Crippen molar-refractivity contribution >= 4 is 5.91 Å². The summed E-state index contributed by atoms with van der Waals surface area (Å²) in [6, 6.07) is 3.96. The predicted molar refractivity (Wildman–Crippen MR) is 61.6 cm³/mol. The van der Waals surface area contributed by atoms with Crippen molar-refractivity contribution in [3.8, 4) is 5.75 Å². The summed E-state index contributed by atoms with van der Waals surface area (Å²) in [6.45, 7) is 1.97. The minimum atomic E-state index is -0.587. The highest BCUT2D eigenvalue weighted by molar-refractivity contribution is 5.94. The molecule has 0 spiro atoms. The van der Waals surface area contributed by atoms with Crippen LogP contribution in [0.3, 0.4) is 0 Å². The van der Waals surface area contributed by atoms with Crippen molar-refractivity contribution in [2.75, 3.05) is 13.7 Å². The van der Waals surface area contributed by atoms with Gasteiger partial charge in [-0.3, -0.25) is 4.79 Å². The molecule has 0 bridgehead atoms. The van der Waals surface area contributed by atoms with Gasteiger partial charge in [0.2, 0.25) is 0 Å². The Kier molecular flexibility index (Phi) is 4.90. The molecule has 0 aliphatic heterocycles. The molecule has 1 atom stereocenters. The Bertz CT molecular complexity index is 395. The number of rotatable bonds is 5. The van der Waals surface area contributed by atoms with Crippen LogP contribution in [0.4, 0.5) is 4.39 Å². The fraction of sp³-hybridized carbons (Fsp3) is 0.417. The molecule has 0 saturated heterocycles. The third-order valence-electron chi connectivity index (χ3n) is 2.38. The maximum absolute atomic E-state index is 13.3. The normalized spacial score (nSPS) is 12.0. The highest BCUT2D eigenvalue weighted by Gasteiger charge is 2.10. The van der Waals surface area contributed by atoms with Crippen molar-refractivity contribution in [1.82, 2.24) is 5.32 Å². The number of carbonyl (C=O) groups excluding carboxylic acids is 1. The highest BCUT2D eigenvalue weighted by Crippen LogP contribution is 2.17. The van der Waals surface area contributed by atoms with Crippen LogP contribution < -0.4 is 10.1 Å². The van der Waals surface area contributed by atoms with E-state index in [1.54, 1.807) is 0 Å². The van der Waals surface area contributed by atoms with Crippen LogP contribution in [0.2, 0.25) is 0 Å². The maximum atomic E-state index is 13.3. The van der Waals surface area contributed by atoms with Gasteiger partial charge in [0, 0.05) is 12.1 Å². The molecule has 94 valence electrons. The molecule has 17 heavy (non-hydrogen) atoms. The third kappa shape index (κ3) is 3.71. The molecular formula is C12H16FNO3. The van der Waals surface area contributed by atoms with Gasteiger partial charge in [-0.05, 0) is 24.6 Å². The second-order valence-corrected chi connectivity index (χ2v) is 3.62. The molecule has 1 aromatic carbocycles. The Morgan fingerprint density at radius 3 is 2.82 bits per heavy atom. The lowest BCUT2D eigenvalue weighted by Crippen LogP contribution is -2.31. The Hall–Kier alpha value is -1.62. The van der Waals surface area contributed by atoms with Gasteiger partial charge in [-0.15, -0.1) is 0 Å². The van der Waals surface area contributed by atoms with Crippen LogP contribution in [-0.4, -0.2) is 30.8 Å². The van der Waals surface area contributed by atoms with Gasteiger partial charge in [0.25, 0.3) is 5.91 Å². The van der Waals surface area contributed by atoms with Crippen LogP contribution >= 0.6 is 0 Å². The molecule has 4 nitrogen and oxygen atoms in total. The van der Waals surface area contributed by atoms with E-state index in [1.807, 2.05) is 6.92 Å². The van der Waals surface area contributed by atoms with Crippen molar-refractivity contribution in [3.63, 3.8) is 0 Å². The van der Waals surface area contributed by atoms with Gasteiger partial charge in [0.15, 0.2) is 11.6 Å². The number of amides is 1. The van der Waals surface area contributed by atoms with Crippen LogP contribution in [0, 0.1) is 5.82 Å². The SMILES string of the molecule is CCC(O)CNC(=O)c1ccc(OC)c(F)c1. The molecule has 2 N–H and O–H groups in total. The highest BCUT2D eigenvalue weighted by atomic mass is 19.1.